The Morgan fingerprint density at radius 2 is 1.76 bits per heavy atom. The minimum absolute atomic E-state index is 0.135. The van der Waals surface area contributed by atoms with Gasteiger partial charge >= 0.3 is 0 Å². The molecule has 0 saturated heterocycles. The van der Waals surface area contributed by atoms with E-state index >= 15 is 0 Å². The van der Waals surface area contributed by atoms with Crippen molar-refractivity contribution in [2.45, 2.75) is 11.8 Å². The van der Waals surface area contributed by atoms with Crippen LogP contribution in [-0.2, 0) is 10.0 Å². The van der Waals surface area contributed by atoms with Crippen molar-refractivity contribution in [1.29, 1.82) is 0 Å². The van der Waals surface area contributed by atoms with Crippen LogP contribution in [0.3, 0.4) is 0 Å². The van der Waals surface area contributed by atoms with E-state index in [9.17, 15) is 22.9 Å². The first-order valence-electron chi connectivity index (χ1n) is 5.83. The Morgan fingerprint density at radius 1 is 1.14 bits per heavy atom. The lowest BCUT2D eigenvalue weighted by molar-refractivity contribution is -0.383. The molecule has 0 atom stereocenters. The fourth-order valence-electron chi connectivity index (χ4n) is 1.71. The number of hydrogen-bond donors (Lipinski definition) is 1. The molecule has 0 heterocycles. The monoisotopic (exact) mass is 310 g/mol. The zero-order valence-corrected chi connectivity index (χ0v) is 11.7. The molecule has 0 bridgehead atoms. The van der Waals surface area contributed by atoms with Crippen LogP contribution in [0.2, 0.25) is 0 Å². The third kappa shape index (κ3) is 3.34. The van der Waals surface area contributed by atoms with E-state index in [-0.39, 0.29) is 16.3 Å². The van der Waals surface area contributed by atoms with E-state index in [0.717, 1.165) is 24.3 Å². The minimum atomic E-state index is -4.02. The molecule has 0 radical (unpaired) electrons. The molecular formula is C13H11FN2O4S. The Kier molecular flexibility index (Phi) is 3.90. The molecule has 0 amide bonds. The van der Waals surface area contributed by atoms with E-state index < -0.39 is 20.8 Å². The van der Waals surface area contributed by atoms with E-state index in [2.05, 4.69) is 4.72 Å². The molecule has 0 aliphatic heterocycles. The Bertz CT molecular complexity index is 788. The van der Waals surface area contributed by atoms with Gasteiger partial charge in [0.05, 0.1) is 9.82 Å². The first-order chi connectivity index (χ1) is 9.79. The normalized spacial score (nSPS) is 11.1. The van der Waals surface area contributed by atoms with Crippen LogP contribution in [0.4, 0.5) is 15.8 Å². The highest BCUT2D eigenvalue weighted by molar-refractivity contribution is 7.92. The summed E-state index contributed by atoms with van der Waals surface area (Å²) in [5, 5.41) is 10.9. The van der Waals surface area contributed by atoms with Crippen molar-refractivity contribution in [3.63, 3.8) is 0 Å². The summed E-state index contributed by atoms with van der Waals surface area (Å²) in [6.45, 7) is 1.68. The maximum Gasteiger partial charge on any atom is 0.293 e. The highest BCUT2D eigenvalue weighted by Crippen LogP contribution is 2.27. The number of sulfonamides is 1. The van der Waals surface area contributed by atoms with Crippen LogP contribution in [0.5, 0.6) is 0 Å². The number of benzene rings is 2. The lowest BCUT2D eigenvalue weighted by Gasteiger charge is -2.09. The topological polar surface area (TPSA) is 89.3 Å². The highest BCUT2D eigenvalue weighted by Gasteiger charge is 2.20. The molecule has 0 aliphatic carbocycles. The van der Waals surface area contributed by atoms with Gasteiger partial charge in [0.15, 0.2) is 0 Å². The van der Waals surface area contributed by atoms with Gasteiger partial charge in [-0.1, -0.05) is 6.07 Å². The fourth-order valence-corrected chi connectivity index (χ4v) is 2.77. The Balaban J connectivity index is 2.43. The number of nitrogens with one attached hydrogen (secondary N) is 1. The van der Waals surface area contributed by atoms with Crippen molar-refractivity contribution in [1.82, 2.24) is 0 Å². The van der Waals surface area contributed by atoms with Gasteiger partial charge < -0.3 is 0 Å². The van der Waals surface area contributed by atoms with Crippen LogP contribution >= 0.6 is 0 Å². The summed E-state index contributed by atoms with van der Waals surface area (Å²) in [4.78, 5) is 10.1. The third-order valence-electron chi connectivity index (χ3n) is 2.72. The number of halogens is 1. The van der Waals surface area contributed by atoms with E-state index in [1.807, 2.05) is 0 Å². The predicted octanol–water partition coefficient (Wildman–Crippen LogP) is 2.84. The molecule has 0 spiro atoms. The van der Waals surface area contributed by atoms with E-state index in [4.69, 9.17) is 0 Å². The van der Waals surface area contributed by atoms with Gasteiger partial charge in [0.1, 0.15) is 11.5 Å². The van der Waals surface area contributed by atoms with Gasteiger partial charge in [-0.15, -0.1) is 0 Å². The number of nitro groups is 1. The van der Waals surface area contributed by atoms with Crippen LogP contribution < -0.4 is 4.72 Å². The zero-order valence-electron chi connectivity index (χ0n) is 10.9. The summed E-state index contributed by atoms with van der Waals surface area (Å²) >= 11 is 0. The number of aryl methyl sites for hydroxylation is 1. The Hall–Kier alpha value is -2.48. The first kappa shape index (κ1) is 14.9. The van der Waals surface area contributed by atoms with Crippen molar-refractivity contribution in [2.24, 2.45) is 0 Å². The summed E-state index contributed by atoms with van der Waals surface area (Å²) < 4.78 is 39.3. The minimum Gasteiger partial charge on any atom is -0.273 e. The van der Waals surface area contributed by atoms with Crippen molar-refractivity contribution in [3.05, 3.63) is 64.0 Å². The van der Waals surface area contributed by atoms with Crippen molar-refractivity contribution in [3.8, 4) is 0 Å². The number of anilines is 1. The van der Waals surface area contributed by atoms with Gasteiger partial charge in [-0.3, -0.25) is 14.8 Å². The second-order valence-electron chi connectivity index (χ2n) is 4.34. The molecular weight excluding hydrogens is 299 g/mol. The van der Waals surface area contributed by atoms with Crippen molar-refractivity contribution in [2.75, 3.05) is 4.72 Å². The van der Waals surface area contributed by atoms with Gasteiger partial charge in [0, 0.05) is 6.07 Å². The highest BCUT2D eigenvalue weighted by atomic mass is 32.2. The van der Waals surface area contributed by atoms with Gasteiger partial charge in [0.2, 0.25) is 0 Å². The summed E-state index contributed by atoms with van der Waals surface area (Å²) in [5.74, 6) is -0.574. The summed E-state index contributed by atoms with van der Waals surface area (Å²) in [6, 6.07) is 8.25. The summed E-state index contributed by atoms with van der Waals surface area (Å²) in [7, 11) is -4.02. The van der Waals surface area contributed by atoms with E-state index in [0.29, 0.717) is 5.56 Å². The van der Waals surface area contributed by atoms with Gasteiger partial charge in [0.25, 0.3) is 15.7 Å². The maximum absolute atomic E-state index is 12.8. The quantitative estimate of drug-likeness (QED) is 0.694. The molecule has 6 nitrogen and oxygen atoms in total. The lowest BCUT2D eigenvalue weighted by atomic mass is 10.2. The molecule has 1 N–H and O–H groups in total. The summed E-state index contributed by atoms with van der Waals surface area (Å²) in [5.41, 5.74) is 0.174. The Labute approximate surface area is 120 Å². The SMILES string of the molecule is Cc1ccc([N+](=O)[O-])c(NS(=O)(=O)c2ccc(F)cc2)c1. The smallest absolute Gasteiger partial charge is 0.273 e. The van der Waals surface area contributed by atoms with Gasteiger partial charge in [-0.05, 0) is 42.8 Å². The molecule has 8 heteroatoms. The molecule has 0 aromatic heterocycles. The van der Waals surface area contributed by atoms with Gasteiger partial charge in [-0.25, -0.2) is 12.8 Å². The number of nitrogens with zero attached hydrogens (tertiary/aromatic N) is 1. The second kappa shape index (κ2) is 5.49. The molecule has 110 valence electrons. The van der Waals surface area contributed by atoms with Crippen LogP contribution in [-0.4, -0.2) is 13.3 Å². The maximum atomic E-state index is 12.8. The summed E-state index contributed by atoms with van der Waals surface area (Å²) in [6.07, 6.45) is 0. The van der Waals surface area contributed by atoms with E-state index in [1.54, 1.807) is 6.92 Å². The van der Waals surface area contributed by atoms with Gasteiger partial charge in [-0.2, -0.15) is 0 Å². The Morgan fingerprint density at radius 3 is 2.33 bits per heavy atom. The first-order valence-corrected chi connectivity index (χ1v) is 7.31. The molecule has 0 fully saturated rings. The van der Waals surface area contributed by atoms with Crippen LogP contribution in [0.25, 0.3) is 0 Å². The predicted molar refractivity (Wildman–Crippen MR) is 75.0 cm³/mol. The largest absolute Gasteiger partial charge is 0.293 e. The zero-order chi connectivity index (χ0) is 15.6. The standard InChI is InChI=1S/C13H11FN2O4S/c1-9-2-7-13(16(17)18)12(8-9)15-21(19,20)11-5-3-10(14)4-6-11/h2-8,15H,1H3. The molecule has 21 heavy (non-hydrogen) atoms. The number of hydrogen-bond acceptors (Lipinski definition) is 4. The molecule has 0 saturated carbocycles. The molecule has 2 rings (SSSR count). The second-order valence-corrected chi connectivity index (χ2v) is 6.02. The van der Waals surface area contributed by atoms with Crippen molar-refractivity contribution < 1.29 is 17.7 Å². The van der Waals surface area contributed by atoms with Crippen LogP contribution in [0, 0.1) is 22.9 Å². The number of nitro benzene ring substituents is 1. The average molecular weight is 310 g/mol. The molecule has 0 aliphatic rings. The molecule has 2 aromatic rings. The molecule has 0 unspecified atom stereocenters. The molecule has 2 aromatic carbocycles. The third-order valence-corrected chi connectivity index (χ3v) is 4.10. The average Bonchev–Trinajstić information content (AvgIpc) is 2.38. The number of rotatable bonds is 4. The van der Waals surface area contributed by atoms with Crippen molar-refractivity contribution >= 4 is 21.4 Å². The van der Waals surface area contributed by atoms with Crippen LogP contribution in [0.1, 0.15) is 5.56 Å². The van der Waals surface area contributed by atoms with Crippen LogP contribution in [0.15, 0.2) is 47.4 Å². The van der Waals surface area contributed by atoms with E-state index in [1.165, 1.54) is 18.2 Å². The lowest BCUT2D eigenvalue weighted by Crippen LogP contribution is -2.14. The fraction of sp³-hybridized carbons (Fsp3) is 0.0769.